The van der Waals surface area contributed by atoms with E-state index in [2.05, 4.69) is 15.6 Å². The summed E-state index contributed by atoms with van der Waals surface area (Å²) in [4.78, 5) is 42.5. The molecule has 0 saturated heterocycles. The maximum Gasteiger partial charge on any atom is 0.248 e. The Balaban J connectivity index is 1.74. The Kier molecular flexibility index (Phi) is 8.58. The van der Waals surface area contributed by atoms with Crippen molar-refractivity contribution in [3.8, 4) is 0 Å². The Labute approximate surface area is 207 Å². The van der Waals surface area contributed by atoms with Crippen LogP contribution in [0.3, 0.4) is 0 Å². The van der Waals surface area contributed by atoms with Gasteiger partial charge in [-0.3, -0.25) is 14.4 Å². The van der Waals surface area contributed by atoms with Gasteiger partial charge in [0.25, 0.3) is 0 Å². The van der Waals surface area contributed by atoms with E-state index >= 15 is 0 Å². The summed E-state index contributed by atoms with van der Waals surface area (Å²) in [5.74, 6) is -0.474. The first kappa shape index (κ1) is 25.9. The molecule has 3 aromatic rings. The Morgan fingerprint density at radius 2 is 1.60 bits per heavy atom. The molecule has 2 aromatic carbocycles. The zero-order chi connectivity index (χ0) is 25.4. The highest BCUT2D eigenvalue weighted by atomic mass is 16.2. The number of anilines is 1. The predicted octanol–water partition coefficient (Wildman–Crippen LogP) is 4.34. The van der Waals surface area contributed by atoms with Crippen LogP contribution in [0.15, 0.2) is 73.2 Å². The zero-order valence-electron chi connectivity index (χ0n) is 20.8. The monoisotopic (exact) mass is 474 g/mol. The van der Waals surface area contributed by atoms with E-state index in [0.29, 0.717) is 12.2 Å². The lowest BCUT2D eigenvalue weighted by Crippen LogP contribution is -2.45. The van der Waals surface area contributed by atoms with E-state index in [1.54, 1.807) is 30.9 Å². The van der Waals surface area contributed by atoms with Crippen molar-refractivity contribution in [2.45, 2.75) is 58.5 Å². The second-order valence-corrected chi connectivity index (χ2v) is 9.24. The highest BCUT2D eigenvalue weighted by Crippen LogP contribution is 2.28. The zero-order valence-corrected chi connectivity index (χ0v) is 20.8. The van der Waals surface area contributed by atoms with Gasteiger partial charge in [-0.25, -0.2) is 4.98 Å². The standard InChI is InChI=1S/C28H34N4O3/c1-20(2)26(34)30-24(17-11-14-22-12-7-5-8-13-22)27(35)31-25-18-32(19-29-25)28(4,21(3)33)23-15-9-6-10-16-23/h5-10,12-13,15-16,18-20,24H,11,14,17H2,1-4H3,(H,30,34)(H,31,35). The topological polar surface area (TPSA) is 93.1 Å². The number of aromatic nitrogens is 2. The molecule has 0 fully saturated rings. The highest BCUT2D eigenvalue weighted by molar-refractivity contribution is 5.96. The van der Waals surface area contributed by atoms with Crippen LogP contribution in [0.25, 0.3) is 0 Å². The molecule has 0 aliphatic heterocycles. The predicted molar refractivity (Wildman–Crippen MR) is 137 cm³/mol. The minimum Gasteiger partial charge on any atom is -0.344 e. The quantitative estimate of drug-likeness (QED) is 0.432. The smallest absolute Gasteiger partial charge is 0.248 e. The van der Waals surface area contributed by atoms with E-state index in [-0.39, 0.29) is 23.5 Å². The summed E-state index contributed by atoms with van der Waals surface area (Å²) in [6.45, 7) is 6.95. The van der Waals surface area contributed by atoms with Crippen molar-refractivity contribution < 1.29 is 14.4 Å². The SMILES string of the molecule is CC(=O)C(C)(c1ccccc1)n1cnc(NC(=O)C(CCCc2ccccc2)NC(=O)C(C)C)c1. The minimum atomic E-state index is -0.960. The minimum absolute atomic E-state index is 0.0537. The van der Waals surface area contributed by atoms with Gasteiger partial charge in [-0.1, -0.05) is 74.5 Å². The molecule has 0 spiro atoms. The average Bonchev–Trinajstić information content (AvgIpc) is 3.32. The van der Waals surface area contributed by atoms with Crippen molar-refractivity contribution in [2.24, 2.45) is 5.92 Å². The van der Waals surface area contributed by atoms with Gasteiger partial charge in [-0.2, -0.15) is 0 Å². The number of nitrogens with zero attached hydrogens (tertiary/aromatic N) is 2. The van der Waals surface area contributed by atoms with Crippen molar-refractivity contribution in [1.82, 2.24) is 14.9 Å². The van der Waals surface area contributed by atoms with Crippen molar-refractivity contribution in [1.29, 1.82) is 0 Å². The van der Waals surface area contributed by atoms with Crippen LogP contribution in [-0.4, -0.2) is 33.2 Å². The summed E-state index contributed by atoms with van der Waals surface area (Å²) in [6.07, 6.45) is 5.24. The van der Waals surface area contributed by atoms with Crippen LogP contribution < -0.4 is 10.6 Å². The number of rotatable bonds is 11. The maximum absolute atomic E-state index is 13.1. The Bertz CT molecular complexity index is 1140. The number of Topliss-reactive ketones (excluding diaryl/α,β-unsaturated/α-hetero) is 1. The van der Waals surface area contributed by atoms with Gasteiger partial charge in [0.05, 0.1) is 6.33 Å². The van der Waals surface area contributed by atoms with Crippen molar-refractivity contribution in [2.75, 3.05) is 5.32 Å². The Morgan fingerprint density at radius 3 is 2.20 bits per heavy atom. The number of carbonyl (C=O) groups excluding carboxylic acids is 3. The molecule has 7 nitrogen and oxygen atoms in total. The van der Waals surface area contributed by atoms with Crippen molar-refractivity contribution in [3.63, 3.8) is 0 Å². The second kappa shape index (κ2) is 11.6. The molecule has 35 heavy (non-hydrogen) atoms. The van der Waals surface area contributed by atoms with E-state index < -0.39 is 11.6 Å². The number of hydrogen-bond donors (Lipinski definition) is 2. The maximum atomic E-state index is 13.1. The van der Waals surface area contributed by atoms with E-state index in [9.17, 15) is 14.4 Å². The molecule has 0 saturated carbocycles. The van der Waals surface area contributed by atoms with E-state index in [4.69, 9.17) is 0 Å². The fourth-order valence-corrected chi connectivity index (χ4v) is 3.90. The highest BCUT2D eigenvalue weighted by Gasteiger charge is 2.34. The summed E-state index contributed by atoms with van der Waals surface area (Å²) >= 11 is 0. The van der Waals surface area contributed by atoms with E-state index in [1.807, 2.05) is 67.6 Å². The number of benzene rings is 2. The molecule has 2 unspecified atom stereocenters. The van der Waals surface area contributed by atoms with Crippen molar-refractivity contribution in [3.05, 3.63) is 84.3 Å². The third-order valence-corrected chi connectivity index (χ3v) is 6.33. The summed E-state index contributed by atoms with van der Waals surface area (Å²) in [5.41, 5.74) is 1.05. The molecule has 3 rings (SSSR count). The number of ketones is 1. The molecular formula is C28H34N4O3. The lowest BCUT2D eigenvalue weighted by molar-refractivity contribution is -0.128. The number of hydrogen-bond acceptors (Lipinski definition) is 4. The van der Waals surface area contributed by atoms with Crippen LogP contribution in [0, 0.1) is 5.92 Å². The molecule has 1 aromatic heterocycles. The van der Waals surface area contributed by atoms with Gasteiger partial charge in [0.1, 0.15) is 11.6 Å². The number of carbonyl (C=O) groups is 3. The largest absolute Gasteiger partial charge is 0.344 e. The Hall–Kier alpha value is -3.74. The van der Waals surface area contributed by atoms with Crippen LogP contribution in [0.2, 0.25) is 0 Å². The normalized spacial score (nSPS) is 13.6. The average molecular weight is 475 g/mol. The molecule has 7 heteroatoms. The third kappa shape index (κ3) is 6.44. The first-order valence-electron chi connectivity index (χ1n) is 12.0. The molecule has 2 N–H and O–H groups in total. The summed E-state index contributed by atoms with van der Waals surface area (Å²) in [6, 6.07) is 18.8. The van der Waals surface area contributed by atoms with Gasteiger partial charge in [-0.05, 0) is 44.2 Å². The fourth-order valence-electron chi connectivity index (χ4n) is 3.90. The number of amides is 2. The summed E-state index contributed by atoms with van der Waals surface area (Å²) in [7, 11) is 0. The molecule has 1 heterocycles. The molecule has 0 aliphatic rings. The number of imidazole rings is 1. The number of nitrogens with one attached hydrogen (secondary N) is 2. The molecular weight excluding hydrogens is 440 g/mol. The van der Waals surface area contributed by atoms with E-state index in [1.165, 1.54) is 12.5 Å². The fraction of sp³-hybridized carbons (Fsp3) is 0.357. The third-order valence-electron chi connectivity index (χ3n) is 6.33. The van der Waals surface area contributed by atoms with Gasteiger partial charge < -0.3 is 15.2 Å². The van der Waals surface area contributed by atoms with Gasteiger partial charge in [0.15, 0.2) is 11.6 Å². The number of aryl methyl sites for hydroxylation is 1. The molecule has 2 atom stereocenters. The van der Waals surface area contributed by atoms with Crippen LogP contribution in [0.4, 0.5) is 5.82 Å². The summed E-state index contributed by atoms with van der Waals surface area (Å²) in [5, 5.41) is 5.69. The molecule has 0 bridgehead atoms. The first-order chi connectivity index (χ1) is 16.7. The van der Waals surface area contributed by atoms with Crippen molar-refractivity contribution >= 4 is 23.4 Å². The van der Waals surface area contributed by atoms with Crippen LogP contribution >= 0.6 is 0 Å². The lowest BCUT2D eigenvalue weighted by atomic mass is 9.88. The second-order valence-electron chi connectivity index (χ2n) is 9.24. The van der Waals surface area contributed by atoms with Gasteiger partial charge >= 0.3 is 0 Å². The van der Waals surface area contributed by atoms with Crippen LogP contribution in [0.5, 0.6) is 0 Å². The first-order valence-corrected chi connectivity index (χ1v) is 12.0. The van der Waals surface area contributed by atoms with Gasteiger partial charge in [-0.15, -0.1) is 0 Å². The van der Waals surface area contributed by atoms with Crippen LogP contribution in [-0.2, 0) is 26.3 Å². The summed E-state index contributed by atoms with van der Waals surface area (Å²) < 4.78 is 1.71. The Morgan fingerprint density at radius 1 is 0.971 bits per heavy atom. The van der Waals surface area contributed by atoms with Crippen LogP contribution in [0.1, 0.15) is 51.7 Å². The molecule has 0 radical (unpaired) electrons. The lowest BCUT2D eigenvalue weighted by Gasteiger charge is -2.28. The van der Waals surface area contributed by atoms with Gasteiger partial charge in [0.2, 0.25) is 11.8 Å². The molecule has 2 amide bonds. The molecule has 184 valence electrons. The van der Waals surface area contributed by atoms with E-state index in [0.717, 1.165) is 18.4 Å². The molecule has 0 aliphatic carbocycles. The van der Waals surface area contributed by atoms with Gasteiger partial charge in [0, 0.05) is 12.1 Å².